The van der Waals surface area contributed by atoms with E-state index in [-0.39, 0.29) is 18.4 Å². The van der Waals surface area contributed by atoms with Crippen LogP contribution < -0.4 is 10.6 Å². The first-order valence-electron chi connectivity index (χ1n) is 7.84. The molecule has 0 saturated carbocycles. The van der Waals surface area contributed by atoms with Crippen molar-refractivity contribution in [3.05, 3.63) is 77.5 Å². The van der Waals surface area contributed by atoms with Crippen LogP contribution in [0.5, 0.6) is 0 Å². The van der Waals surface area contributed by atoms with E-state index >= 15 is 0 Å². The van der Waals surface area contributed by atoms with Gasteiger partial charge in [-0.1, -0.05) is 24.3 Å². The number of urea groups is 1. The SMILES string of the molecule is Cc1cccnc1CNC(=O)Nc1ccnn1Cc1ccccc1F. The van der Waals surface area contributed by atoms with Gasteiger partial charge < -0.3 is 5.32 Å². The number of pyridine rings is 1. The van der Waals surface area contributed by atoms with Crippen molar-refractivity contribution in [1.29, 1.82) is 0 Å². The third kappa shape index (κ3) is 4.20. The van der Waals surface area contributed by atoms with Crippen LogP contribution in [0.1, 0.15) is 16.8 Å². The van der Waals surface area contributed by atoms with Gasteiger partial charge in [-0.15, -0.1) is 0 Å². The quantitative estimate of drug-likeness (QED) is 0.750. The fourth-order valence-corrected chi connectivity index (χ4v) is 2.38. The van der Waals surface area contributed by atoms with Gasteiger partial charge in [0.1, 0.15) is 11.6 Å². The molecule has 7 heteroatoms. The summed E-state index contributed by atoms with van der Waals surface area (Å²) in [6.45, 7) is 2.49. The first-order valence-corrected chi connectivity index (χ1v) is 7.84. The zero-order valence-corrected chi connectivity index (χ0v) is 13.7. The Balaban J connectivity index is 1.62. The number of hydrogen-bond donors (Lipinski definition) is 2. The molecule has 2 heterocycles. The lowest BCUT2D eigenvalue weighted by Gasteiger charge is -2.11. The van der Waals surface area contributed by atoms with Crippen LogP contribution in [0.2, 0.25) is 0 Å². The van der Waals surface area contributed by atoms with E-state index in [1.165, 1.54) is 10.7 Å². The van der Waals surface area contributed by atoms with E-state index in [4.69, 9.17) is 0 Å². The molecule has 0 bridgehead atoms. The Morgan fingerprint density at radius 1 is 1.16 bits per heavy atom. The number of hydrogen-bond acceptors (Lipinski definition) is 3. The fourth-order valence-electron chi connectivity index (χ4n) is 2.38. The molecule has 0 radical (unpaired) electrons. The zero-order valence-electron chi connectivity index (χ0n) is 13.7. The Labute approximate surface area is 144 Å². The number of aromatic nitrogens is 3. The summed E-state index contributed by atoms with van der Waals surface area (Å²) >= 11 is 0. The molecule has 0 aliphatic carbocycles. The molecular formula is C18H18FN5O. The highest BCUT2D eigenvalue weighted by Crippen LogP contribution is 2.13. The predicted molar refractivity (Wildman–Crippen MR) is 92.6 cm³/mol. The van der Waals surface area contributed by atoms with Crippen molar-refractivity contribution >= 4 is 11.8 Å². The molecule has 0 aliphatic rings. The van der Waals surface area contributed by atoms with Crippen LogP contribution in [0.15, 0.2) is 54.9 Å². The molecule has 6 nitrogen and oxygen atoms in total. The number of rotatable bonds is 5. The molecule has 0 spiro atoms. The van der Waals surface area contributed by atoms with Gasteiger partial charge in [-0.05, 0) is 24.6 Å². The molecule has 0 fully saturated rings. The molecule has 25 heavy (non-hydrogen) atoms. The van der Waals surface area contributed by atoms with Crippen LogP contribution >= 0.6 is 0 Å². The van der Waals surface area contributed by atoms with Gasteiger partial charge in [0.2, 0.25) is 0 Å². The van der Waals surface area contributed by atoms with Crippen LogP contribution in [0.25, 0.3) is 0 Å². The summed E-state index contributed by atoms with van der Waals surface area (Å²) in [6, 6.07) is 11.5. The lowest BCUT2D eigenvalue weighted by atomic mass is 10.2. The lowest BCUT2D eigenvalue weighted by molar-refractivity contribution is 0.251. The second kappa shape index (κ2) is 7.57. The van der Waals surface area contributed by atoms with Gasteiger partial charge >= 0.3 is 6.03 Å². The van der Waals surface area contributed by atoms with Crippen molar-refractivity contribution in [2.75, 3.05) is 5.32 Å². The van der Waals surface area contributed by atoms with Gasteiger partial charge in [0.15, 0.2) is 0 Å². The molecule has 2 aromatic heterocycles. The number of halogens is 1. The molecule has 3 aromatic rings. The summed E-state index contributed by atoms with van der Waals surface area (Å²) in [5.41, 5.74) is 2.31. The average Bonchev–Trinajstić information content (AvgIpc) is 3.03. The van der Waals surface area contributed by atoms with Crippen LogP contribution in [0, 0.1) is 12.7 Å². The minimum Gasteiger partial charge on any atom is -0.332 e. The van der Waals surface area contributed by atoms with E-state index in [1.54, 1.807) is 36.7 Å². The summed E-state index contributed by atoms with van der Waals surface area (Å²) < 4.78 is 15.3. The molecule has 0 aliphatic heterocycles. The molecular weight excluding hydrogens is 321 g/mol. The van der Waals surface area contributed by atoms with E-state index in [9.17, 15) is 9.18 Å². The van der Waals surface area contributed by atoms with Gasteiger partial charge in [0, 0.05) is 17.8 Å². The van der Waals surface area contributed by atoms with Crippen molar-refractivity contribution in [3.63, 3.8) is 0 Å². The molecule has 0 atom stereocenters. The lowest BCUT2D eigenvalue weighted by Crippen LogP contribution is -2.30. The van der Waals surface area contributed by atoms with Gasteiger partial charge in [-0.3, -0.25) is 10.3 Å². The standard InChI is InChI=1S/C18H18FN5O/c1-13-5-4-9-20-16(13)11-21-18(25)23-17-8-10-22-24(17)12-14-6-2-3-7-15(14)19/h2-10H,11-12H2,1H3,(H2,21,23,25). The second-order valence-electron chi connectivity index (χ2n) is 5.54. The first-order chi connectivity index (χ1) is 12.1. The van der Waals surface area contributed by atoms with E-state index in [0.29, 0.717) is 17.9 Å². The third-order valence-electron chi connectivity index (χ3n) is 3.77. The number of carbonyl (C=O) groups excluding carboxylic acids is 1. The highest BCUT2D eigenvalue weighted by molar-refractivity contribution is 5.88. The van der Waals surface area contributed by atoms with Crippen LogP contribution in [-0.4, -0.2) is 20.8 Å². The van der Waals surface area contributed by atoms with E-state index < -0.39 is 0 Å². The Bertz CT molecular complexity index is 877. The molecule has 3 rings (SSSR count). The summed E-state index contributed by atoms with van der Waals surface area (Å²) in [5, 5.41) is 9.61. The summed E-state index contributed by atoms with van der Waals surface area (Å²) in [7, 11) is 0. The topological polar surface area (TPSA) is 71.8 Å². The number of nitrogens with one attached hydrogen (secondary N) is 2. The van der Waals surface area contributed by atoms with Crippen LogP contribution in [-0.2, 0) is 13.1 Å². The Morgan fingerprint density at radius 2 is 2.00 bits per heavy atom. The highest BCUT2D eigenvalue weighted by atomic mass is 19.1. The van der Waals surface area contributed by atoms with Crippen molar-refractivity contribution in [2.24, 2.45) is 0 Å². The summed E-state index contributed by atoms with van der Waals surface area (Å²) in [6.07, 6.45) is 3.24. The van der Waals surface area contributed by atoms with Crippen LogP contribution in [0.3, 0.4) is 0 Å². The molecule has 2 amide bonds. The minimum absolute atomic E-state index is 0.231. The number of nitrogens with zero attached hydrogens (tertiary/aromatic N) is 3. The molecule has 0 saturated heterocycles. The van der Waals surface area contributed by atoms with Crippen LogP contribution in [0.4, 0.5) is 15.0 Å². The van der Waals surface area contributed by atoms with E-state index in [1.807, 2.05) is 19.1 Å². The van der Waals surface area contributed by atoms with E-state index in [2.05, 4.69) is 20.7 Å². The molecule has 128 valence electrons. The third-order valence-corrected chi connectivity index (χ3v) is 3.77. The normalized spacial score (nSPS) is 10.5. The van der Waals surface area contributed by atoms with Crippen molar-refractivity contribution in [2.45, 2.75) is 20.0 Å². The van der Waals surface area contributed by atoms with Crippen molar-refractivity contribution in [1.82, 2.24) is 20.1 Å². The van der Waals surface area contributed by atoms with Crippen molar-refractivity contribution in [3.8, 4) is 0 Å². The molecule has 2 N–H and O–H groups in total. The Morgan fingerprint density at radius 3 is 2.80 bits per heavy atom. The summed E-state index contributed by atoms with van der Waals surface area (Å²) in [4.78, 5) is 16.3. The largest absolute Gasteiger partial charge is 0.332 e. The maximum Gasteiger partial charge on any atom is 0.320 e. The Hall–Kier alpha value is -3.22. The molecule has 1 aromatic carbocycles. The summed E-state index contributed by atoms with van der Waals surface area (Å²) in [5.74, 6) is 0.178. The van der Waals surface area contributed by atoms with Gasteiger partial charge in [-0.2, -0.15) is 5.10 Å². The number of carbonyl (C=O) groups is 1. The second-order valence-corrected chi connectivity index (χ2v) is 5.54. The first kappa shape index (κ1) is 16.6. The smallest absolute Gasteiger partial charge is 0.320 e. The fraction of sp³-hybridized carbons (Fsp3) is 0.167. The maximum absolute atomic E-state index is 13.8. The maximum atomic E-state index is 13.8. The highest BCUT2D eigenvalue weighted by Gasteiger charge is 2.10. The monoisotopic (exact) mass is 339 g/mol. The minimum atomic E-state index is -0.375. The van der Waals surface area contributed by atoms with Gasteiger partial charge in [-0.25, -0.2) is 13.9 Å². The number of aryl methyl sites for hydroxylation is 1. The number of anilines is 1. The number of amides is 2. The average molecular weight is 339 g/mol. The van der Waals surface area contributed by atoms with Crippen molar-refractivity contribution < 1.29 is 9.18 Å². The zero-order chi connectivity index (χ0) is 17.6. The van der Waals surface area contributed by atoms with E-state index in [0.717, 1.165) is 11.3 Å². The molecule has 0 unspecified atom stereocenters. The van der Waals surface area contributed by atoms with Gasteiger partial charge in [0.25, 0.3) is 0 Å². The Kier molecular flexibility index (Phi) is 5.03. The predicted octanol–water partition coefficient (Wildman–Crippen LogP) is 3.10. The number of benzene rings is 1. The van der Waals surface area contributed by atoms with Gasteiger partial charge in [0.05, 0.1) is 25.0 Å².